The molecule has 1 saturated heterocycles. The minimum absolute atomic E-state index is 0.0799. The highest BCUT2D eigenvalue weighted by molar-refractivity contribution is 7.89. The van der Waals surface area contributed by atoms with Gasteiger partial charge in [0.15, 0.2) is 11.5 Å². The highest BCUT2D eigenvalue weighted by atomic mass is 32.2. The molecule has 0 spiro atoms. The lowest BCUT2D eigenvalue weighted by molar-refractivity contribution is 0.0699. The Balaban J connectivity index is 1.35. The average molecular weight is 482 g/mol. The summed E-state index contributed by atoms with van der Waals surface area (Å²) in [6.45, 7) is 1.09. The van der Waals surface area contributed by atoms with E-state index in [-0.39, 0.29) is 23.9 Å². The van der Waals surface area contributed by atoms with E-state index in [1.165, 1.54) is 30.7 Å². The Hall–Kier alpha value is -3.17. The van der Waals surface area contributed by atoms with Crippen LogP contribution in [0.25, 0.3) is 10.9 Å². The molecular formula is C25H27N3O5S. The summed E-state index contributed by atoms with van der Waals surface area (Å²) in [5, 5.41) is 0.831. The van der Waals surface area contributed by atoms with Crippen molar-refractivity contribution in [1.82, 2.24) is 14.2 Å². The summed E-state index contributed by atoms with van der Waals surface area (Å²) in [5.41, 5.74) is 2.44. The number of methoxy groups -OCH3 is 2. The van der Waals surface area contributed by atoms with Crippen LogP contribution in [-0.2, 0) is 10.0 Å². The fourth-order valence-corrected chi connectivity index (χ4v) is 5.83. The molecule has 9 heteroatoms. The van der Waals surface area contributed by atoms with Gasteiger partial charge >= 0.3 is 0 Å². The molecular weight excluding hydrogens is 454 g/mol. The number of pyridine rings is 1. The molecule has 34 heavy (non-hydrogen) atoms. The van der Waals surface area contributed by atoms with Gasteiger partial charge in [0, 0.05) is 49.2 Å². The van der Waals surface area contributed by atoms with E-state index in [0.29, 0.717) is 36.1 Å². The number of aromatic nitrogens is 1. The number of carbonyl (C=O) groups is 1. The quantitative estimate of drug-likeness (QED) is 0.537. The van der Waals surface area contributed by atoms with Crippen LogP contribution in [0.5, 0.6) is 11.5 Å². The van der Waals surface area contributed by atoms with Crippen molar-refractivity contribution in [3.8, 4) is 11.5 Å². The molecule has 0 N–H and O–H groups in total. The van der Waals surface area contributed by atoms with Crippen molar-refractivity contribution in [3.05, 3.63) is 59.8 Å². The zero-order chi connectivity index (χ0) is 23.9. The number of fused-ring (bicyclic) bond motifs is 1. The van der Waals surface area contributed by atoms with Gasteiger partial charge in [-0.1, -0.05) is 18.2 Å². The summed E-state index contributed by atoms with van der Waals surface area (Å²) in [5.74, 6) is 1.17. The first-order chi connectivity index (χ1) is 16.4. The highest BCUT2D eigenvalue weighted by Gasteiger charge is 2.32. The second-order valence-corrected chi connectivity index (χ2v) is 10.5. The molecule has 1 aliphatic carbocycles. The summed E-state index contributed by atoms with van der Waals surface area (Å²) in [7, 11) is -0.758. The Morgan fingerprint density at radius 1 is 0.941 bits per heavy atom. The third-order valence-electron chi connectivity index (χ3n) is 6.48. The predicted octanol–water partition coefficient (Wildman–Crippen LogP) is 3.28. The summed E-state index contributed by atoms with van der Waals surface area (Å²) < 4.78 is 38.3. The Labute approximate surface area is 199 Å². The first-order valence-corrected chi connectivity index (χ1v) is 12.8. The lowest BCUT2D eigenvalue weighted by Gasteiger charge is -2.34. The number of piperazine rings is 1. The van der Waals surface area contributed by atoms with Crippen LogP contribution in [-0.4, -0.2) is 68.9 Å². The topological polar surface area (TPSA) is 89.0 Å². The molecule has 8 nitrogen and oxygen atoms in total. The summed E-state index contributed by atoms with van der Waals surface area (Å²) in [4.78, 5) is 20.1. The van der Waals surface area contributed by atoms with Crippen molar-refractivity contribution in [2.75, 3.05) is 40.4 Å². The van der Waals surface area contributed by atoms with Crippen LogP contribution in [0.2, 0.25) is 0 Å². The van der Waals surface area contributed by atoms with E-state index >= 15 is 0 Å². The second-order valence-electron chi connectivity index (χ2n) is 8.60. The van der Waals surface area contributed by atoms with Gasteiger partial charge in [-0.3, -0.25) is 9.78 Å². The van der Waals surface area contributed by atoms with Crippen molar-refractivity contribution >= 4 is 26.8 Å². The summed E-state index contributed by atoms with van der Waals surface area (Å²) in [6.07, 6.45) is 2.21. The number of ether oxygens (including phenoxy) is 2. The van der Waals surface area contributed by atoms with Crippen LogP contribution in [0, 0.1) is 0 Å². The molecule has 0 atom stereocenters. The largest absolute Gasteiger partial charge is 0.493 e. The maximum absolute atomic E-state index is 13.5. The molecule has 0 radical (unpaired) electrons. The summed E-state index contributed by atoms with van der Waals surface area (Å²) >= 11 is 0. The molecule has 1 aromatic heterocycles. The molecule has 0 unspecified atom stereocenters. The first kappa shape index (κ1) is 22.6. The Kier molecular flexibility index (Phi) is 5.91. The first-order valence-electron chi connectivity index (χ1n) is 11.3. The van der Waals surface area contributed by atoms with Gasteiger partial charge in [0.25, 0.3) is 5.91 Å². The highest BCUT2D eigenvalue weighted by Crippen LogP contribution is 2.40. The molecule has 2 aromatic carbocycles. The molecule has 2 aliphatic rings. The summed E-state index contributed by atoms with van der Waals surface area (Å²) in [6, 6.07) is 14.2. The van der Waals surface area contributed by atoms with E-state index in [1.807, 2.05) is 30.3 Å². The van der Waals surface area contributed by atoms with Gasteiger partial charge in [0.05, 0.1) is 30.2 Å². The molecule has 1 saturated carbocycles. The Morgan fingerprint density at radius 3 is 2.32 bits per heavy atom. The van der Waals surface area contributed by atoms with E-state index in [9.17, 15) is 13.2 Å². The van der Waals surface area contributed by atoms with Crippen LogP contribution in [0.3, 0.4) is 0 Å². The smallest absolute Gasteiger partial charge is 0.254 e. The number of rotatable bonds is 6. The van der Waals surface area contributed by atoms with Crippen molar-refractivity contribution < 1.29 is 22.7 Å². The normalized spacial score (nSPS) is 17.1. The van der Waals surface area contributed by atoms with Gasteiger partial charge in [0.2, 0.25) is 10.0 Å². The van der Waals surface area contributed by atoms with Crippen LogP contribution in [0.1, 0.15) is 34.8 Å². The lowest BCUT2D eigenvalue weighted by Crippen LogP contribution is -2.50. The second kappa shape index (κ2) is 8.88. The van der Waals surface area contributed by atoms with Crippen LogP contribution in [0.15, 0.2) is 53.4 Å². The fourth-order valence-electron chi connectivity index (χ4n) is 4.39. The number of nitrogens with zero attached hydrogens (tertiary/aromatic N) is 3. The zero-order valence-electron chi connectivity index (χ0n) is 19.2. The number of hydrogen-bond acceptors (Lipinski definition) is 6. The van der Waals surface area contributed by atoms with Crippen molar-refractivity contribution in [2.24, 2.45) is 0 Å². The monoisotopic (exact) mass is 481 g/mol. The zero-order valence-corrected chi connectivity index (χ0v) is 20.0. The maximum Gasteiger partial charge on any atom is 0.254 e. The number of sulfonamides is 1. The van der Waals surface area contributed by atoms with Crippen LogP contribution >= 0.6 is 0 Å². The Morgan fingerprint density at radius 2 is 1.65 bits per heavy atom. The van der Waals surface area contributed by atoms with Crippen LogP contribution in [0.4, 0.5) is 0 Å². The maximum atomic E-state index is 13.5. The third kappa shape index (κ3) is 4.10. The standard InChI is InChI=1S/C25H27N3O5S/c1-32-23-10-9-18(15-24(23)33-2)34(30,31)28-13-11-27(12-14-28)25(29)20-16-22(17-7-8-17)26-21-6-4-3-5-19(20)21/h3-6,9-10,15-17H,7-8,11-14H2,1-2H3. The Bertz CT molecular complexity index is 1350. The molecule has 178 valence electrons. The van der Waals surface area contributed by atoms with Gasteiger partial charge in [-0.05, 0) is 37.1 Å². The van der Waals surface area contributed by atoms with E-state index < -0.39 is 10.0 Å². The molecule has 2 fully saturated rings. The van der Waals surface area contributed by atoms with Crippen molar-refractivity contribution in [2.45, 2.75) is 23.7 Å². The van der Waals surface area contributed by atoms with Gasteiger partial charge in [-0.15, -0.1) is 0 Å². The fraction of sp³-hybridized carbons (Fsp3) is 0.360. The minimum Gasteiger partial charge on any atom is -0.493 e. The minimum atomic E-state index is -3.73. The molecule has 2 heterocycles. The SMILES string of the molecule is COc1ccc(S(=O)(=O)N2CCN(C(=O)c3cc(C4CC4)nc4ccccc34)CC2)cc1OC. The van der Waals surface area contributed by atoms with Crippen LogP contribution < -0.4 is 9.47 Å². The number of hydrogen-bond donors (Lipinski definition) is 0. The number of carbonyl (C=O) groups excluding carboxylic acids is 1. The number of para-hydroxylation sites is 1. The molecule has 3 aromatic rings. The van der Waals surface area contributed by atoms with E-state index in [2.05, 4.69) is 0 Å². The lowest BCUT2D eigenvalue weighted by atomic mass is 10.0. The average Bonchev–Trinajstić information content (AvgIpc) is 3.73. The van der Waals surface area contributed by atoms with Gasteiger partial charge < -0.3 is 14.4 Å². The molecule has 1 aliphatic heterocycles. The van der Waals surface area contributed by atoms with Crippen molar-refractivity contribution in [3.63, 3.8) is 0 Å². The van der Waals surface area contributed by atoms with E-state index in [1.54, 1.807) is 11.0 Å². The van der Waals surface area contributed by atoms with Gasteiger partial charge in [-0.2, -0.15) is 4.31 Å². The van der Waals surface area contributed by atoms with E-state index in [4.69, 9.17) is 14.5 Å². The predicted molar refractivity (Wildman–Crippen MR) is 128 cm³/mol. The number of amides is 1. The number of benzene rings is 2. The van der Waals surface area contributed by atoms with Gasteiger partial charge in [-0.25, -0.2) is 8.42 Å². The third-order valence-corrected chi connectivity index (χ3v) is 8.38. The molecule has 1 amide bonds. The van der Waals surface area contributed by atoms with E-state index in [0.717, 1.165) is 29.4 Å². The van der Waals surface area contributed by atoms with Gasteiger partial charge in [0.1, 0.15) is 0 Å². The molecule has 5 rings (SSSR count). The van der Waals surface area contributed by atoms with Crippen molar-refractivity contribution in [1.29, 1.82) is 0 Å². The molecule has 0 bridgehead atoms.